The summed E-state index contributed by atoms with van der Waals surface area (Å²) in [5, 5.41) is 0. The molecule has 1 aliphatic heterocycles. The van der Waals surface area contributed by atoms with E-state index in [0.717, 1.165) is 24.8 Å². The van der Waals surface area contributed by atoms with Gasteiger partial charge < -0.3 is 14.2 Å². The lowest BCUT2D eigenvalue weighted by Crippen LogP contribution is -2.42. The maximum atomic E-state index is 12.1. The van der Waals surface area contributed by atoms with E-state index in [-0.39, 0.29) is 26.0 Å². The van der Waals surface area contributed by atoms with Crippen LogP contribution in [0.1, 0.15) is 24.8 Å². The highest BCUT2D eigenvalue weighted by atomic mass is 16.6. The predicted molar refractivity (Wildman–Crippen MR) is 76.8 cm³/mol. The van der Waals surface area contributed by atoms with E-state index in [1.165, 1.54) is 4.90 Å². The fraction of sp³-hybridized carbons (Fsp3) is 0.500. The molecule has 3 rings (SSSR count). The van der Waals surface area contributed by atoms with Crippen LogP contribution >= 0.6 is 0 Å². The van der Waals surface area contributed by atoms with Gasteiger partial charge in [0, 0.05) is 0 Å². The summed E-state index contributed by atoms with van der Waals surface area (Å²) < 4.78 is 15.8. The first-order chi connectivity index (χ1) is 10.7. The summed E-state index contributed by atoms with van der Waals surface area (Å²) in [6.45, 7) is 0.260. The van der Waals surface area contributed by atoms with Crippen LogP contribution in [0.5, 0.6) is 0 Å². The third kappa shape index (κ3) is 3.39. The number of esters is 1. The van der Waals surface area contributed by atoms with Crippen LogP contribution in [0.2, 0.25) is 0 Å². The largest absolute Gasteiger partial charge is 0.444 e. The van der Waals surface area contributed by atoms with Crippen molar-refractivity contribution >= 4 is 12.1 Å². The van der Waals surface area contributed by atoms with Gasteiger partial charge in [0.05, 0.1) is 12.7 Å². The van der Waals surface area contributed by atoms with Gasteiger partial charge in [-0.2, -0.15) is 0 Å². The molecule has 6 nitrogen and oxygen atoms in total. The van der Waals surface area contributed by atoms with Crippen LogP contribution in [0.25, 0.3) is 0 Å². The Balaban J connectivity index is 1.52. The standard InChI is InChI=1S/C16H19NO5/c18-15-14(10-20-13-7-4-8-13)17(11-22-15)16(19)21-9-12-5-2-1-3-6-12/h1-3,5-6,13-14H,4,7-11H2. The van der Waals surface area contributed by atoms with Gasteiger partial charge in [0.15, 0.2) is 12.8 Å². The lowest BCUT2D eigenvalue weighted by molar-refractivity contribution is -0.141. The summed E-state index contributed by atoms with van der Waals surface area (Å²) in [5.74, 6) is -0.434. The number of cyclic esters (lactones) is 1. The van der Waals surface area contributed by atoms with Crippen LogP contribution in [0.4, 0.5) is 4.79 Å². The van der Waals surface area contributed by atoms with Crippen molar-refractivity contribution in [2.24, 2.45) is 0 Å². The molecule has 1 heterocycles. The molecule has 22 heavy (non-hydrogen) atoms. The third-order valence-corrected chi connectivity index (χ3v) is 3.98. The molecule has 1 aromatic rings. The van der Waals surface area contributed by atoms with Gasteiger partial charge in [0.25, 0.3) is 0 Å². The molecule has 1 aliphatic carbocycles. The number of carbonyl (C=O) groups is 2. The van der Waals surface area contributed by atoms with E-state index >= 15 is 0 Å². The molecule has 0 aromatic heterocycles. The first-order valence-electron chi connectivity index (χ1n) is 7.49. The number of nitrogens with zero attached hydrogens (tertiary/aromatic N) is 1. The minimum Gasteiger partial charge on any atom is -0.444 e. The fourth-order valence-corrected chi connectivity index (χ4v) is 2.35. The highest BCUT2D eigenvalue weighted by Gasteiger charge is 2.39. The van der Waals surface area contributed by atoms with Crippen LogP contribution in [-0.2, 0) is 25.6 Å². The number of benzene rings is 1. The van der Waals surface area contributed by atoms with Crippen LogP contribution in [0, 0.1) is 0 Å². The average Bonchev–Trinajstić information content (AvgIpc) is 2.86. The molecule has 0 bridgehead atoms. The van der Waals surface area contributed by atoms with E-state index in [1.807, 2.05) is 30.3 Å². The zero-order chi connectivity index (χ0) is 15.4. The lowest BCUT2D eigenvalue weighted by Gasteiger charge is -2.27. The number of carbonyl (C=O) groups excluding carboxylic acids is 2. The van der Waals surface area contributed by atoms with E-state index < -0.39 is 18.1 Å². The van der Waals surface area contributed by atoms with E-state index in [0.29, 0.717) is 0 Å². The van der Waals surface area contributed by atoms with Gasteiger partial charge in [-0.1, -0.05) is 30.3 Å². The second-order valence-corrected chi connectivity index (χ2v) is 5.50. The minimum atomic E-state index is -0.705. The van der Waals surface area contributed by atoms with Gasteiger partial charge in [-0.05, 0) is 24.8 Å². The molecule has 1 saturated heterocycles. The Bertz CT molecular complexity index is 529. The van der Waals surface area contributed by atoms with Gasteiger partial charge in [-0.15, -0.1) is 0 Å². The molecule has 2 aliphatic rings. The minimum absolute atomic E-state index is 0.0782. The van der Waals surface area contributed by atoms with Crippen molar-refractivity contribution in [3.8, 4) is 0 Å². The molecule has 118 valence electrons. The van der Waals surface area contributed by atoms with Crippen molar-refractivity contribution in [3.63, 3.8) is 0 Å². The number of amides is 1. The number of rotatable bonds is 5. The maximum absolute atomic E-state index is 12.1. The second-order valence-electron chi connectivity index (χ2n) is 5.50. The topological polar surface area (TPSA) is 65.1 Å². The zero-order valence-electron chi connectivity index (χ0n) is 12.3. The van der Waals surface area contributed by atoms with Crippen molar-refractivity contribution in [1.29, 1.82) is 0 Å². The van der Waals surface area contributed by atoms with Crippen molar-refractivity contribution in [2.75, 3.05) is 13.3 Å². The Hall–Kier alpha value is -2.08. The van der Waals surface area contributed by atoms with Gasteiger partial charge in [0.1, 0.15) is 6.61 Å². The highest BCUT2D eigenvalue weighted by molar-refractivity contribution is 5.83. The summed E-state index contributed by atoms with van der Waals surface area (Å²) >= 11 is 0. The van der Waals surface area contributed by atoms with Gasteiger partial charge >= 0.3 is 12.1 Å². The Kier molecular flexibility index (Phi) is 4.58. The second kappa shape index (κ2) is 6.79. The summed E-state index contributed by atoms with van der Waals surface area (Å²) in [5.41, 5.74) is 0.893. The lowest BCUT2D eigenvalue weighted by atomic mass is 9.96. The summed E-state index contributed by atoms with van der Waals surface area (Å²) in [4.78, 5) is 25.1. The third-order valence-electron chi connectivity index (χ3n) is 3.98. The first-order valence-corrected chi connectivity index (χ1v) is 7.49. The van der Waals surface area contributed by atoms with Crippen LogP contribution in [-0.4, -0.2) is 42.4 Å². The normalized spacial score (nSPS) is 21.4. The monoisotopic (exact) mass is 305 g/mol. The Morgan fingerprint density at radius 2 is 2.05 bits per heavy atom. The van der Waals surface area contributed by atoms with Crippen molar-refractivity contribution < 1.29 is 23.8 Å². The first kappa shape index (κ1) is 14.8. The number of hydrogen-bond donors (Lipinski definition) is 0. The van der Waals surface area contributed by atoms with Gasteiger partial charge in [-0.25, -0.2) is 9.59 Å². The number of hydrogen-bond acceptors (Lipinski definition) is 5. The van der Waals surface area contributed by atoms with Crippen LogP contribution in [0.15, 0.2) is 30.3 Å². The van der Waals surface area contributed by atoms with Gasteiger partial charge in [0.2, 0.25) is 0 Å². The van der Waals surface area contributed by atoms with Crippen molar-refractivity contribution in [1.82, 2.24) is 4.90 Å². The average molecular weight is 305 g/mol. The van der Waals surface area contributed by atoms with Crippen molar-refractivity contribution in [3.05, 3.63) is 35.9 Å². The molecular weight excluding hydrogens is 286 g/mol. The number of ether oxygens (including phenoxy) is 3. The van der Waals surface area contributed by atoms with E-state index in [1.54, 1.807) is 0 Å². The smallest absolute Gasteiger partial charge is 0.413 e. The molecule has 6 heteroatoms. The van der Waals surface area contributed by atoms with E-state index in [4.69, 9.17) is 14.2 Å². The Morgan fingerprint density at radius 1 is 1.27 bits per heavy atom. The van der Waals surface area contributed by atoms with E-state index in [2.05, 4.69) is 0 Å². The molecule has 0 N–H and O–H groups in total. The zero-order valence-corrected chi connectivity index (χ0v) is 12.3. The molecule has 1 amide bonds. The SMILES string of the molecule is O=C1OCN(C(=O)OCc2ccccc2)C1COC1CCC1. The van der Waals surface area contributed by atoms with Crippen molar-refractivity contribution in [2.45, 2.75) is 38.0 Å². The molecule has 1 atom stereocenters. The molecule has 1 unspecified atom stereocenters. The predicted octanol–water partition coefficient (Wildman–Crippen LogP) is 2.08. The summed E-state index contributed by atoms with van der Waals surface area (Å²) in [6.07, 6.45) is 2.83. The van der Waals surface area contributed by atoms with Crippen LogP contribution in [0.3, 0.4) is 0 Å². The molecule has 0 radical (unpaired) electrons. The maximum Gasteiger partial charge on any atom is 0.413 e. The quantitative estimate of drug-likeness (QED) is 0.779. The fourth-order valence-electron chi connectivity index (χ4n) is 2.35. The Morgan fingerprint density at radius 3 is 2.73 bits per heavy atom. The Labute approximate surface area is 128 Å². The molecule has 1 saturated carbocycles. The summed E-state index contributed by atoms with van der Waals surface area (Å²) in [6, 6.07) is 8.68. The highest BCUT2D eigenvalue weighted by Crippen LogP contribution is 2.23. The summed E-state index contributed by atoms with van der Waals surface area (Å²) in [7, 11) is 0. The van der Waals surface area contributed by atoms with Crippen LogP contribution < -0.4 is 0 Å². The molecule has 0 spiro atoms. The molecule has 1 aromatic carbocycles. The molecule has 2 fully saturated rings. The van der Waals surface area contributed by atoms with Gasteiger partial charge in [-0.3, -0.25) is 4.90 Å². The molecular formula is C16H19NO5. The van der Waals surface area contributed by atoms with E-state index in [9.17, 15) is 9.59 Å².